The molecule has 0 bridgehead atoms. The number of hydrogen-bond acceptors (Lipinski definition) is 5. The molecule has 3 aromatic rings. The van der Waals surface area contributed by atoms with Crippen LogP contribution in [0.3, 0.4) is 0 Å². The van der Waals surface area contributed by atoms with Crippen molar-refractivity contribution in [3.05, 3.63) is 59.0 Å². The Morgan fingerprint density at radius 3 is 2.57 bits per heavy atom. The summed E-state index contributed by atoms with van der Waals surface area (Å²) in [4.78, 5) is 12.3. The standard InChI is InChI=1S/C17H14N2O3S/c1-10(11-6-12(20)8-13(21)7-11)18-19-17(22)15-9-23-16-5-3-2-4-14(15)16/h2-9,20-21H,1H3,(H,19,22). The van der Waals surface area contributed by atoms with E-state index in [1.807, 2.05) is 24.3 Å². The molecule has 0 spiro atoms. The third-order valence-corrected chi connectivity index (χ3v) is 4.33. The van der Waals surface area contributed by atoms with E-state index in [9.17, 15) is 15.0 Å². The van der Waals surface area contributed by atoms with Gasteiger partial charge >= 0.3 is 0 Å². The Morgan fingerprint density at radius 2 is 1.83 bits per heavy atom. The monoisotopic (exact) mass is 326 g/mol. The third-order valence-electron chi connectivity index (χ3n) is 3.37. The van der Waals surface area contributed by atoms with Gasteiger partial charge in [0, 0.05) is 27.1 Å². The fourth-order valence-electron chi connectivity index (χ4n) is 2.22. The summed E-state index contributed by atoms with van der Waals surface area (Å²) in [5.41, 5.74) is 4.08. The molecule has 23 heavy (non-hydrogen) atoms. The number of hydrazone groups is 1. The van der Waals surface area contributed by atoms with Crippen molar-refractivity contribution in [1.82, 2.24) is 5.43 Å². The molecular formula is C17H14N2O3S. The largest absolute Gasteiger partial charge is 0.508 e. The van der Waals surface area contributed by atoms with Crippen LogP contribution in [0.1, 0.15) is 22.8 Å². The summed E-state index contributed by atoms with van der Waals surface area (Å²) in [5.74, 6) is -0.430. The fourth-order valence-corrected chi connectivity index (χ4v) is 3.16. The van der Waals surface area contributed by atoms with E-state index >= 15 is 0 Å². The average molecular weight is 326 g/mol. The first-order valence-corrected chi connectivity index (χ1v) is 7.77. The molecule has 1 amide bonds. The highest BCUT2D eigenvalue weighted by Crippen LogP contribution is 2.25. The number of rotatable bonds is 3. The first-order chi connectivity index (χ1) is 11.0. The van der Waals surface area contributed by atoms with Gasteiger partial charge in [0.1, 0.15) is 11.5 Å². The van der Waals surface area contributed by atoms with Crippen molar-refractivity contribution in [1.29, 1.82) is 0 Å². The maximum absolute atomic E-state index is 12.3. The molecule has 5 nitrogen and oxygen atoms in total. The van der Waals surface area contributed by atoms with Gasteiger partial charge in [0.15, 0.2) is 0 Å². The lowest BCUT2D eigenvalue weighted by Gasteiger charge is -2.04. The Morgan fingerprint density at radius 1 is 1.13 bits per heavy atom. The number of carbonyl (C=O) groups excluding carboxylic acids is 1. The second kappa shape index (κ2) is 6.10. The summed E-state index contributed by atoms with van der Waals surface area (Å²) in [7, 11) is 0. The second-order valence-electron chi connectivity index (χ2n) is 5.02. The molecule has 1 aromatic heterocycles. The number of phenolic OH excluding ortho intramolecular Hbond substituents is 2. The molecule has 0 saturated heterocycles. The Labute approximate surface area is 136 Å². The van der Waals surface area contributed by atoms with Crippen LogP contribution in [0.25, 0.3) is 10.1 Å². The Bertz CT molecular complexity index is 895. The molecule has 3 N–H and O–H groups in total. The van der Waals surface area contributed by atoms with Gasteiger partial charge in [-0.1, -0.05) is 18.2 Å². The smallest absolute Gasteiger partial charge is 0.272 e. The highest BCUT2D eigenvalue weighted by atomic mass is 32.1. The van der Waals surface area contributed by atoms with Crippen LogP contribution >= 0.6 is 11.3 Å². The van der Waals surface area contributed by atoms with Crippen molar-refractivity contribution < 1.29 is 15.0 Å². The minimum atomic E-state index is -0.300. The maximum atomic E-state index is 12.3. The zero-order valence-electron chi connectivity index (χ0n) is 12.3. The number of fused-ring (bicyclic) bond motifs is 1. The van der Waals surface area contributed by atoms with E-state index in [2.05, 4.69) is 10.5 Å². The summed E-state index contributed by atoms with van der Waals surface area (Å²) in [5, 5.41) is 25.7. The molecule has 3 rings (SSSR count). The molecule has 116 valence electrons. The van der Waals surface area contributed by atoms with Crippen LogP contribution in [0.2, 0.25) is 0 Å². The van der Waals surface area contributed by atoms with Crippen LogP contribution in [0.4, 0.5) is 0 Å². The number of aromatic hydroxyl groups is 2. The van der Waals surface area contributed by atoms with E-state index in [0.717, 1.165) is 10.1 Å². The highest BCUT2D eigenvalue weighted by molar-refractivity contribution is 7.17. The SMILES string of the molecule is CC(=NNC(=O)c1csc2ccccc12)c1cc(O)cc(O)c1. The number of phenols is 2. The lowest BCUT2D eigenvalue weighted by atomic mass is 10.1. The number of nitrogens with zero attached hydrogens (tertiary/aromatic N) is 1. The number of amides is 1. The summed E-state index contributed by atoms with van der Waals surface area (Å²) < 4.78 is 1.04. The summed E-state index contributed by atoms with van der Waals surface area (Å²) in [6.45, 7) is 1.68. The molecule has 0 radical (unpaired) electrons. The van der Waals surface area contributed by atoms with Crippen molar-refractivity contribution in [2.24, 2.45) is 5.10 Å². The van der Waals surface area contributed by atoms with Crippen molar-refractivity contribution in [3.63, 3.8) is 0 Å². The number of thiophene rings is 1. The summed E-state index contributed by atoms with van der Waals surface area (Å²) >= 11 is 1.50. The van der Waals surface area contributed by atoms with Gasteiger partial charge in [0.2, 0.25) is 0 Å². The van der Waals surface area contributed by atoms with Gasteiger partial charge in [-0.05, 0) is 25.1 Å². The Hall–Kier alpha value is -2.86. The van der Waals surface area contributed by atoms with Crippen LogP contribution in [0.15, 0.2) is 52.9 Å². The van der Waals surface area contributed by atoms with Crippen molar-refractivity contribution >= 4 is 33.0 Å². The molecule has 2 aromatic carbocycles. The zero-order chi connectivity index (χ0) is 16.4. The molecule has 0 aliphatic carbocycles. The highest BCUT2D eigenvalue weighted by Gasteiger charge is 2.11. The van der Waals surface area contributed by atoms with Crippen LogP contribution in [-0.2, 0) is 0 Å². The molecular weight excluding hydrogens is 312 g/mol. The molecule has 0 unspecified atom stereocenters. The van der Waals surface area contributed by atoms with Crippen LogP contribution in [0, 0.1) is 0 Å². The maximum Gasteiger partial charge on any atom is 0.272 e. The lowest BCUT2D eigenvalue weighted by molar-refractivity contribution is 0.0957. The predicted molar refractivity (Wildman–Crippen MR) is 91.3 cm³/mol. The summed E-state index contributed by atoms with van der Waals surface area (Å²) in [6, 6.07) is 11.8. The van der Waals surface area contributed by atoms with Gasteiger partial charge < -0.3 is 10.2 Å². The van der Waals surface area contributed by atoms with Crippen LogP contribution in [0.5, 0.6) is 11.5 Å². The van der Waals surface area contributed by atoms with Gasteiger partial charge in [0.25, 0.3) is 5.91 Å². The van der Waals surface area contributed by atoms with E-state index in [1.165, 1.54) is 29.5 Å². The van der Waals surface area contributed by atoms with E-state index in [1.54, 1.807) is 12.3 Å². The molecule has 0 saturated carbocycles. The molecule has 0 aliphatic rings. The molecule has 0 fully saturated rings. The first kappa shape index (κ1) is 15.1. The number of benzene rings is 2. The number of carbonyl (C=O) groups is 1. The van der Waals surface area contributed by atoms with Crippen LogP contribution < -0.4 is 5.43 Å². The van der Waals surface area contributed by atoms with Gasteiger partial charge in [0.05, 0.1) is 11.3 Å². The molecule has 1 heterocycles. The van der Waals surface area contributed by atoms with E-state index < -0.39 is 0 Å². The summed E-state index contributed by atoms with van der Waals surface area (Å²) in [6.07, 6.45) is 0. The van der Waals surface area contributed by atoms with E-state index in [4.69, 9.17) is 0 Å². The van der Waals surface area contributed by atoms with Crippen molar-refractivity contribution in [3.8, 4) is 11.5 Å². The van der Waals surface area contributed by atoms with Gasteiger partial charge in [-0.15, -0.1) is 11.3 Å². The average Bonchev–Trinajstić information content (AvgIpc) is 2.95. The topological polar surface area (TPSA) is 81.9 Å². The van der Waals surface area contributed by atoms with E-state index in [-0.39, 0.29) is 17.4 Å². The Kier molecular flexibility index (Phi) is 3.99. The van der Waals surface area contributed by atoms with Gasteiger partial charge in [-0.25, -0.2) is 5.43 Å². The molecule has 0 atom stereocenters. The second-order valence-corrected chi connectivity index (χ2v) is 5.93. The molecule has 0 aliphatic heterocycles. The number of hydrogen-bond donors (Lipinski definition) is 3. The number of nitrogens with one attached hydrogen (secondary N) is 1. The third kappa shape index (κ3) is 3.17. The van der Waals surface area contributed by atoms with E-state index in [0.29, 0.717) is 16.8 Å². The molecule has 6 heteroatoms. The quantitative estimate of drug-likeness (QED) is 0.509. The van der Waals surface area contributed by atoms with Crippen molar-refractivity contribution in [2.75, 3.05) is 0 Å². The van der Waals surface area contributed by atoms with Crippen LogP contribution in [-0.4, -0.2) is 21.8 Å². The normalized spacial score (nSPS) is 11.6. The minimum Gasteiger partial charge on any atom is -0.508 e. The zero-order valence-corrected chi connectivity index (χ0v) is 13.1. The van der Waals surface area contributed by atoms with Gasteiger partial charge in [-0.2, -0.15) is 5.10 Å². The van der Waals surface area contributed by atoms with Crippen molar-refractivity contribution in [2.45, 2.75) is 6.92 Å². The van der Waals surface area contributed by atoms with Gasteiger partial charge in [-0.3, -0.25) is 4.79 Å². The Balaban J connectivity index is 1.82. The fraction of sp³-hybridized carbons (Fsp3) is 0.0588. The lowest BCUT2D eigenvalue weighted by Crippen LogP contribution is -2.18. The predicted octanol–water partition coefficient (Wildman–Crippen LogP) is 3.47. The first-order valence-electron chi connectivity index (χ1n) is 6.89. The minimum absolute atomic E-state index is 0.0651.